The second-order valence-corrected chi connectivity index (χ2v) is 14.3. The lowest BCUT2D eigenvalue weighted by molar-refractivity contribution is -0.272. The molecule has 0 aromatic heterocycles. The van der Waals surface area contributed by atoms with Crippen molar-refractivity contribution in [2.45, 2.75) is 155 Å². The molecule has 50 heavy (non-hydrogen) atoms. The van der Waals surface area contributed by atoms with E-state index in [1.54, 1.807) is 6.08 Å². The third-order valence-corrected chi connectivity index (χ3v) is 10.2. The molecule has 0 aromatic carbocycles. The molecule has 2 saturated heterocycles. The number of carbonyl (C=O) groups excluding carboxylic acids is 1. The van der Waals surface area contributed by atoms with Crippen molar-refractivity contribution in [1.29, 1.82) is 0 Å². The van der Waals surface area contributed by atoms with Crippen LogP contribution in [0.5, 0.6) is 0 Å². The van der Waals surface area contributed by atoms with Gasteiger partial charge in [0.1, 0.15) is 42.2 Å². The number of unbranched alkanes of at least 4 members (excludes halogenated alkanes) is 2. The average molecular weight is 719 g/mol. The van der Waals surface area contributed by atoms with Gasteiger partial charge in [-0.1, -0.05) is 31.9 Å². The van der Waals surface area contributed by atoms with Crippen LogP contribution in [0.4, 0.5) is 0 Å². The van der Waals surface area contributed by atoms with Gasteiger partial charge in [0.2, 0.25) is 0 Å². The average Bonchev–Trinajstić information content (AvgIpc) is 3.46. The van der Waals surface area contributed by atoms with Crippen LogP contribution < -0.4 is 33.6 Å². The minimum absolute atomic E-state index is 0.0459. The molecule has 18 nitrogen and oxygen atoms in total. The van der Waals surface area contributed by atoms with Gasteiger partial charge in [-0.25, -0.2) is 0 Å². The summed E-state index contributed by atoms with van der Waals surface area (Å²) >= 11 is 0. The Hall–Kier alpha value is -1.43. The Morgan fingerprint density at radius 1 is 0.960 bits per heavy atom. The molecule has 0 aromatic rings. The Morgan fingerprint density at radius 3 is 2.42 bits per heavy atom. The molecule has 5 aliphatic rings. The third-order valence-electron chi connectivity index (χ3n) is 10.2. The van der Waals surface area contributed by atoms with Crippen molar-refractivity contribution in [2.75, 3.05) is 26.3 Å². The van der Waals surface area contributed by atoms with Crippen LogP contribution >= 0.6 is 0 Å². The van der Waals surface area contributed by atoms with Gasteiger partial charge in [-0.15, -0.1) is 0 Å². The van der Waals surface area contributed by atoms with Crippen molar-refractivity contribution >= 4 is 5.91 Å². The fraction of sp³-hybridized carbons (Fsp3) is 0.906. The molecule has 5 rings (SSSR count). The van der Waals surface area contributed by atoms with E-state index in [2.05, 4.69) is 17.6 Å². The summed E-state index contributed by atoms with van der Waals surface area (Å²) in [5, 5.41) is 58.7. The van der Waals surface area contributed by atoms with E-state index in [-0.39, 0.29) is 44.4 Å². The molecule has 15 unspecified atom stereocenters. The Balaban J connectivity index is 1.28. The van der Waals surface area contributed by atoms with Gasteiger partial charge in [-0.05, 0) is 19.4 Å². The molecule has 1 amide bonds. The van der Waals surface area contributed by atoms with Crippen LogP contribution in [0.3, 0.4) is 0 Å². The maximum absolute atomic E-state index is 13.1. The third kappa shape index (κ3) is 9.37. The fourth-order valence-electron chi connectivity index (χ4n) is 7.17. The lowest BCUT2D eigenvalue weighted by Crippen LogP contribution is -2.69. The topological polar surface area (TPSA) is 302 Å². The summed E-state index contributed by atoms with van der Waals surface area (Å²) in [5.74, 6) is -0.673. The first-order chi connectivity index (χ1) is 23.8. The molecule has 15 atom stereocenters. The summed E-state index contributed by atoms with van der Waals surface area (Å²) in [6.07, 6.45) is -3.98. The van der Waals surface area contributed by atoms with Crippen molar-refractivity contribution in [3.05, 3.63) is 12.2 Å². The molecule has 0 spiro atoms. The summed E-state index contributed by atoms with van der Waals surface area (Å²) in [4.78, 5) is 13.1. The molecule has 288 valence electrons. The van der Waals surface area contributed by atoms with E-state index in [1.807, 2.05) is 6.08 Å². The number of nitrogens with one attached hydrogen (secondary N) is 2. The molecule has 2 aliphatic carbocycles. The Labute approximate surface area is 292 Å². The maximum Gasteiger partial charge on any atom is 0.252 e. The second-order valence-electron chi connectivity index (χ2n) is 14.3. The number of carbonyl (C=O) groups is 1. The van der Waals surface area contributed by atoms with E-state index in [4.69, 9.17) is 51.4 Å². The van der Waals surface area contributed by atoms with E-state index in [9.17, 15) is 30.3 Å². The molecule has 18 heteroatoms. The maximum atomic E-state index is 13.1. The summed E-state index contributed by atoms with van der Waals surface area (Å²) in [5.41, 5.74) is 23.2. The Morgan fingerprint density at radius 2 is 1.72 bits per heavy atom. The standard InChI is InChI=1S/C32H58N6O12/c1-2-3-4-7-37-12-16-5-6-17(34)29(46-16)50-27-18(35)8-19(38-31(43)32(44)10-15(33)11-32)25(41)28(27)49-23-9-21(22(13-39)47-23)48-30-24(36)26(42)20(40)14-45-30/h5-6,15-30,37,39-42,44H,2-4,7-14,33-36H2,1H3,(H,38,43). The van der Waals surface area contributed by atoms with Crippen LogP contribution in [-0.2, 0) is 33.2 Å². The van der Waals surface area contributed by atoms with Gasteiger partial charge >= 0.3 is 0 Å². The molecule has 0 radical (unpaired) electrons. The van der Waals surface area contributed by atoms with E-state index >= 15 is 0 Å². The smallest absolute Gasteiger partial charge is 0.252 e. The summed E-state index contributed by atoms with van der Waals surface area (Å²) in [6.45, 7) is 2.85. The molecule has 15 N–H and O–H groups in total. The number of hydrogen-bond donors (Lipinski definition) is 11. The highest BCUT2D eigenvalue weighted by Crippen LogP contribution is 2.35. The van der Waals surface area contributed by atoms with Crippen molar-refractivity contribution in [3.63, 3.8) is 0 Å². The first kappa shape index (κ1) is 39.8. The monoisotopic (exact) mass is 718 g/mol. The number of nitrogens with two attached hydrogens (primary N) is 4. The summed E-state index contributed by atoms with van der Waals surface area (Å²) in [7, 11) is 0. The lowest BCUT2D eigenvalue weighted by atomic mass is 9.75. The van der Waals surface area contributed by atoms with E-state index in [0.29, 0.717) is 6.54 Å². The van der Waals surface area contributed by atoms with Gasteiger partial charge in [0.05, 0.1) is 43.5 Å². The van der Waals surface area contributed by atoms with Crippen molar-refractivity contribution < 1.29 is 58.7 Å². The first-order valence-electron chi connectivity index (χ1n) is 17.8. The van der Waals surface area contributed by atoms with Gasteiger partial charge in [0.25, 0.3) is 5.91 Å². The quantitative estimate of drug-likeness (QED) is 0.0561. The zero-order valence-electron chi connectivity index (χ0n) is 28.6. The molecular weight excluding hydrogens is 660 g/mol. The van der Waals surface area contributed by atoms with Crippen LogP contribution in [0, 0.1) is 0 Å². The van der Waals surface area contributed by atoms with Crippen LogP contribution in [0.25, 0.3) is 0 Å². The lowest BCUT2D eigenvalue weighted by Gasteiger charge is -2.47. The number of rotatable bonds is 15. The Kier molecular flexibility index (Phi) is 14.0. The highest BCUT2D eigenvalue weighted by molar-refractivity contribution is 5.86. The normalized spacial score (nSPS) is 46.4. The minimum Gasteiger partial charge on any atom is -0.394 e. The number of ether oxygens (including phenoxy) is 6. The molecule has 3 heterocycles. The van der Waals surface area contributed by atoms with Gasteiger partial charge < -0.3 is 87.5 Å². The largest absolute Gasteiger partial charge is 0.394 e. The van der Waals surface area contributed by atoms with Crippen molar-refractivity contribution in [2.24, 2.45) is 22.9 Å². The Bertz CT molecular complexity index is 1120. The summed E-state index contributed by atoms with van der Waals surface area (Å²) in [6, 6.07) is -3.77. The van der Waals surface area contributed by atoms with Crippen LogP contribution in [0.2, 0.25) is 0 Å². The van der Waals surface area contributed by atoms with Crippen LogP contribution in [0.1, 0.15) is 51.9 Å². The number of amides is 1. The predicted octanol–water partition coefficient (Wildman–Crippen LogP) is -4.53. The van der Waals surface area contributed by atoms with E-state index in [1.165, 1.54) is 0 Å². The number of aliphatic hydroxyl groups is 5. The van der Waals surface area contributed by atoms with Crippen molar-refractivity contribution in [3.8, 4) is 0 Å². The highest BCUT2D eigenvalue weighted by Gasteiger charge is 2.53. The van der Waals surface area contributed by atoms with Gasteiger partial charge in [-0.2, -0.15) is 0 Å². The SMILES string of the molecule is CCCCCNCC1C=CC(N)C(OC2C(N)CC(NC(=O)C3(O)CC(N)C3)C(O)C2OC2CC(OC3OCC(O)C(O)C3N)C(CO)O2)O1. The molecular formula is C32H58N6O12. The number of aliphatic hydroxyl groups excluding tert-OH is 4. The molecule has 3 aliphatic heterocycles. The second kappa shape index (κ2) is 17.6. The molecule has 0 bridgehead atoms. The minimum atomic E-state index is -1.65. The van der Waals surface area contributed by atoms with Crippen LogP contribution in [-0.4, -0.2) is 161 Å². The number of hydrogen-bond acceptors (Lipinski definition) is 17. The predicted molar refractivity (Wildman–Crippen MR) is 176 cm³/mol. The first-order valence-corrected chi connectivity index (χ1v) is 17.8. The zero-order chi connectivity index (χ0) is 36.2. The summed E-state index contributed by atoms with van der Waals surface area (Å²) < 4.78 is 36.3. The van der Waals surface area contributed by atoms with E-state index in [0.717, 1.165) is 25.8 Å². The van der Waals surface area contributed by atoms with E-state index < -0.39 is 104 Å². The van der Waals surface area contributed by atoms with Crippen LogP contribution in [0.15, 0.2) is 12.2 Å². The zero-order valence-corrected chi connectivity index (χ0v) is 28.6. The molecule has 4 fully saturated rings. The van der Waals surface area contributed by atoms with Gasteiger partial charge in [0, 0.05) is 37.9 Å². The fourth-order valence-corrected chi connectivity index (χ4v) is 7.17. The van der Waals surface area contributed by atoms with Gasteiger partial charge in [-0.3, -0.25) is 4.79 Å². The van der Waals surface area contributed by atoms with Crippen molar-refractivity contribution in [1.82, 2.24) is 10.6 Å². The highest BCUT2D eigenvalue weighted by atomic mass is 16.7. The van der Waals surface area contributed by atoms with Gasteiger partial charge in [0.15, 0.2) is 18.9 Å². The molecule has 2 saturated carbocycles.